The van der Waals surface area contributed by atoms with Crippen LogP contribution < -0.4 is 5.32 Å². The third kappa shape index (κ3) is 4.15. The van der Waals surface area contributed by atoms with Gasteiger partial charge in [-0.25, -0.2) is 0 Å². The van der Waals surface area contributed by atoms with Crippen molar-refractivity contribution in [2.75, 3.05) is 32.7 Å². The van der Waals surface area contributed by atoms with Crippen LogP contribution in [0.3, 0.4) is 0 Å². The molecule has 2 amide bonds. The summed E-state index contributed by atoms with van der Waals surface area (Å²) in [6, 6.07) is 8.25. The Morgan fingerprint density at radius 3 is 2.60 bits per heavy atom. The molecule has 0 radical (unpaired) electrons. The first-order chi connectivity index (χ1) is 12.1. The highest BCUT2D eigenvalue weighted by Gasteiger charge is 2.46. The van der Waals surface area contributed by atoms with Gasteiger partial charge in [0.1, 0.15) is 0 Å². The van der Waals surface area contributed by atoms with Gasteiger partial charge < -0.3 is 10.2 Å². The molecule has 3 aliphatic rings. The number of nitrogens with zero attached hydrogens (tertiary/aromatic N) is 2. The molecular formula is C19H24ClN3O2. The predicted molar refractivity (Wildman–Crippen MR) is 96.5 cm³/mol. The Morgan fingerprint density at radius 1 is 1.16 bits per heavy atom. The molecule has 2 saturated carbocycles. The van der Waals surface area contributed by atoms with E-state index in [2.05, 4.69) is 16.3 Å². The molecule has 1 aromatic carbocycles. The highest BCUT2D eigenvalue weighted by atomic mass is 35.5. The molecule has 1 saturated heterocycles. The van der Waals surface area contributed by atoms with E-state index >= 15 is 0 Å². The second kappa shape index (κ2) is 6.96. The van der Waals surface area contributed by atoms with E-state index in [0.29, 0.717) is 31.6 Å². The lowest BCUT2D eigenvalue weighted by molar-refractivity contribution is -0.134. The molecule has 1 N–H and O–H groups in total. The lowest BCUT2D eigenvalue weighted by Crippen LogP contribution is -2.51. The minimum Gasteiger partial charge on any atom is -0.352 e. The van der Waals surface area contributed by atoms with Gasteiger partial charge in [-0.3, -0.25) is 14.5 Å². The molecule has 0 aromatic heterocycles. The number of halogens is 1. The van der Waals surface area contributed by atoms with Crippen molar-refractivity contribution in [3.63, 3.8) is 0 Å². The van der Waals surface area contributed by atoms with Crippen molar-refractivity contribution in [1.82, 2.24) is 15.1 Å². The average Bonchev–Trinajstić information content (AvgIpc) is 3.50. The number of hydrogen-bond donors (Lipinski definition) is 1. The maximum Gasteiger partial charge on any atom is 0.234 e. The molecular weight excluding hydrogens is 338 g/mol. The van der Waals surface area contributed by atoms with E-state index < -0.39 is 0 Å². The van der Waals surface area contributed by atoms with Crippen LogP contribution in [0.1, 0.15) is 30.7 Å². The summed E-state index contributed by atoms with van der Waals surface area (Å²) in [5, 5.41) is 3.75. The molecule has 25 heavy (non-hydrogen) atoms. The molecule has 2 aliphatic carbocycles. The van der Waals surface area contributed by atoms with E-state index in [-0.39, 0.29) is 17.7 Å². The van der Waals surface area contributed by atoms with Gasteiger partial charge >= 0.3 is 0 Å². The number of carbonyl (C=O) groups excluding carboxylic acids is 2. The average molecular weight is 362 g/mol. The number of carbonyl (C=O) groups is 2. The van der Waals surface area contributed by atoms with Crippen LogP contribution in [0.5, 0.6) is 0 Å². The predicted octanol–water partition coefficient (Wildman–Crippen LogP) is 1.87. The van der Waals surface area contributed by atoms with Crippen LogP contribution in [0.15, 0.2) is 24.3 Å². The molecule has 6 heteroatoms. The van der Waals surface area contributed by atoms with Gasteiger partial charge in [0.05, 0.1) is 6.54 Å². The first-order valence-electron chi connectivity index (χ1n) is 9.16. The lowest BCUT2D eigenvalue weighted by Gasteiger charge is -2.34. The van der Waals surface area contributed by atoms with Gasteiger partial charge in [0.25, 0.3) is 0 Å². The molecule has 0 spiro atoms. The summed E-state index contributed by atoms with van der Waals surface area (Å²) in [7, 11) is 0. The summed E-state index contributed by atoms with van der Waals surface area (Å²) < 4.78 is 0. The third-order valence-corrected chi connectivity index (χ3v) is 5.61. The van der Waals surface area contributed by atoms with E-state index in [1.165, 1.54) is 5.56 Å². The molecule has 5 nitrogen and oxygen atoms in total. The van der Waals surface area contributed by atoms with Crippen molar-refractivity contribution >= 4 is 23.4 Å². The van der Waals surface area contributed by atoms with Crippen molar-refractivity contribution in [3.05, 3.63) is 34.9 Å². The van der Waals surface area contributed by atoms with E-state index in [9.17, 15) is 9.59 Å². The number of nitrogens with one attached hydrogen (secondary N) is 1. The van der Waals surface area contributed by atoms with Gasteiger partial charge in [0, 0.05) is 43.2 Å². The van der Waals surface area contributed by atoms with Crippen LogP contribution in [0, 0.1) is 5.92 Å². The topological polar surface area (TPSA) is 52.7 Å². The smallest absolute Gasteiger partial charge is 0.234 e. The van der Waals surface area contributed by atoms with E-state index in [4.69, 9.17) is 11.6 Å². The number of benzene rings is 1. The Hall–Kier alpha value is -1.59. The molecule has 2 atom stereocenters. The monoisotopic (exact) mass is 361 g/mol. The van der Waals surface area contributed by atoms with Crippen LogP contribution in [0.25, 0.3) is 0 Å². The van der Waals surface area contributed by atoms with Crippen molar-refractivity contribution in [2.24, 2.45) is 5.92 Å². The Kier molecular flexibility index (Phi) is 4.69. The molecule has 2 unspecified atom stereocenters. The first kappa shape index (κ1) is 16.9. The van der Waals surface area contributed by atoms with E-state index in [1.807, 2.05) is 23.1 Å². The second-order valence-electron chi connectivity index (χ2n) is 7.45. The SMILES string of the molecule is O=C(CN1CCN(C(=O)C2CC2c2cccc(Cl)c2)CC1)NC1CC1. The summed E-state index contributed by atoms with van der Waals surface area (Å²) in [6.45, 7) is 3.44. The molecule has 3 fully saturated rings. The highest BCUT2D eigenvalue weighted by molar-refractivity contribution is 6.30. The summed E-state index contributed by atoms with van der Waals surface area (Å²) in [5.41, 5.74) is 1.17. The second-order valence-corrected chi connectivity index (χ2v) is 7.88. The fourth-order valence-electron chi connectivity index (χ4n) is 3.64. The summed E-state index contributed by atoms with van der Waals surface area (Å²) in [6.07, 6.45) is 3.15. The highest BCUT2D eigenvalue weighted by Crippen LogP contribution is 2.48. The van der Waals surface area contributed by atoms with Crippen molar-refractivity contribution in [3.8, 4) is 0 Å². The van der Waals surface area contributed by atoms with Crippen molar-refractivity contribution < 1.29 is 9.59 Å². The van der Waals surface area contributed by atoms with E-state index in [0.717, 1.165) is 37.4 Å². The standard InChI is InChI=1S/C19H24ClN3O2/c20-14-3-1-2-13(10-14)16-11-17(16)19(25)23-8-6-22(7-9-23)12-18(24)21-15-4-5-15/h1-3,10,15-17H,4-9,11-12H2,(H,21,24). The summed E-state index contributed by atoms with van der Waals surface area (Å²) in [4.78, 5) is 28.7. The summed E-state index contributed by atoms with van der Waals surface area (Å²) in [5.74, 6) is 0.786. The fourth-order valence-corrected chi connectivity index (χ4v) is 3.84. The van der Waals surface area contributed by atoms with Crippen LogP contribution in [-0.4, -0.2) is 60.4 Å². The fraction of sp³-hybridized carbons (Fsp3) is 0.579. The van der Waals surface area contributed by atoms with Gasteiger partial charge in [0.2, 0.25) is 11.8 Å². The number of piperazine rings is 1. The Bertz CT molecular complexity index is 668. The Balaban J connectivity index is 1.24. The molecule has 0 bridgehead atoms. The Morgan fingerprint density at radius 2 is 1.92 bits per heavy atom. The molecule has 1 heterocycles. The number of amides is 2. The molecule has 1 aromatic rings. The quantitative estimate of drug-likeness (QED) is 0.871. The third-order valence-electron chi connectivity index (χ3n) is 5.38. The van der Waals surface area contributed by atoms with Crippen LogP contribution in [-0.2, 0) is 9.59 Å². The van der Waals surface area contributed by atoms with Gasteiger partial charge in [-0.2, -0.15) is 0 Å². The maximum absolute atomic E-state index is 12.7. The summed E-state index contributed by atoms with van der Waals surface area (Å²) >= 11 is 6.05. The minimum atomic E-state index is 0.100. The van der Waals surface area contributed by atoms with Gasteiger partial charge in [-0.05, 0) is 42.9 Å². The van der Waals surface area contributed by atoms with Crippen molar-refractivity contribution in [1.29, 1.82) is 0 Å². The van der Waals surface area contributed by atoms with Gasteiger partial charge in [0.15, 0.2) is 0 Å². The minimum absolute atomic E-state index is 0.100. The van der Waals surface area contributed by atoms with Gasteiger partial charge in [-0.1, -0.05) is 23.7 Å². The zero-order valence-corrected chi connectivity index (χ0v) is 15.0. The van der Waals surface area contributed by atoms with Crippen molar-refractivity contribution in [2.45, 2.75) is 31.2 Å². The number of hydrogen-bond acceptors (Lipinski definition) is 3. The van der Waals surface area contributed by atoms with Crippen LogP contribution in [0.2, 0.25) is 5.02 Å². The molecule has 134 valence electrons. The molecule has 1 aliphatic heterocycles. The first-order valence-corrected chi connectivity index (χ1v) is 9.54. The van der Waals surface area contributed by atoms with Crippen LogP contribution >= 0.6 is 11.6 Å². The molecule has 4 rings (SSSR count). The zero-order valence-electron chi connectivity index (χ0n) is 14.3. The Labute approximate surface area is 153 Å². The zero-order chi connectivity index (χ0) is 17.4. The largest absolute Gasteiger partial charge is 0.352 e. The van der Waals surface area contributed by atoms with E-state index in [1.54, 1.807) is 0 Å². The number of rotatable bonds is 5. The van der Waals surface area contributed by atoms with Gasteiger partial charge in [-0.15, -0.1) is 0 Å². The normalized spacial score (nSPS) is 26.4. The van der Waals surface area contributed by atoms with Crippen LogP contribution in [0.4, 0.5) is 0 Å². The maximum atomic E-state index is 12.7. The lowest BCUT2D eigenvalue weighted by atomic mass is 10.1.